The van der Waals surface area contributed by atoms with Crippen LogP contribution in [-0.2, 0) is 0 Å². The molecule has 96 valence electrons. The quantitative estimate of drug-likeness (QED) is 0.819. The first-order chi connectivity index (χ1) is 8.10. The first-order valence-electron chi connectivity index (χ1n) is 6.44. The van der Waals surface area contributed by atoms with Crippen LogP contribution in [0.5, 0.6) is 5.75 Å². The first kappa shape index (κ1) is 14.0. The second kappa shape index (κ2) is 6.65. The molecule has 0 aliphatic rings. The molecule has 0 aromatic heterocycles. The molecular formula is C15H25NO. The van der Waals surface area contributed by atoms with Gasteiger partial charge in [0.25, 0.3) is 0 Å². The predicted molar refractivity (Wildman–Crippen MR) is 73.6 cm³/mol. The molecule has 0 fully saturated rings. The fraction of sp³-hybridized carbons (Fsp3) is 0.600. The number of rotatable bonds is 6. The Kier molecular flexibility index (Phi) is 5.49. The van der Waals surface area contributed by atoms with Crippen molar-refractivity contribution in [1.82, 2.24) is 0 Å². The van der Waals surface area contributed by atoms with E-state index in [-0.39, 0.29) is 0 Å². The van der Waals surface area contributed by atoms with E-state index in [0.29, 0.717) is 11.8 Å². The van der Waals surface area contributed by atoms with Gasteiger partial charge in [0, 0.05) is 0 Å². The number of aryl methyl sites for hydroxylation is 1. The average Bonchev–Trinajstić information content (AvgIpc) is 2.29. The van der Waals surface area contributed by atoms with Gasteiger partial charge in [-0.2, -0.15) is 0 Å². The Bertz CT molecular complexity index is 347. The van der Waals surface area contributed by atoms with E-state index in [1.807, 2.05) is 0 Å². The molecule has 0 saturated heterocycles. The van der Waals surface area contributed by atoms with Crippen LogP contribution >= 0.6 is 0 Å². The Morgan fingerprint density at radius 3 is 2.47 bits per heavy atom. The maximum atomic E-state index is 5.61. The van der Waals surface area contributed by atoms with E-state index in [4.69, 9.17) is 10.5 Å². The SMILES string of the molecule is COc1ccc(C(CCCN)C(C)C)cc1C. The van der Waals surface area contributed by atoms with E-state index in [0.717, 1.165) is 18.7 Å². The predicted octanol–water partition coefficient (Wildman–Crippen LogP) is 3.48. The van der Waals surface area contributed by atoms with Gasteiger partial charge in [0.1, 0.15) is 5.75 Å². The second-order valence-electron chi connectivity index (χ2n) is 5.01. The zero-order chi connectivity index (χ0) is 12.8. The minimum absolute atomic E-state index is 0.600. The van der Waals surface area contributed by atoms with Crippen LogP contribution in [0.15, 0.2) is 18.2 Å². The topological polar surface area (TPSA) is 35.2 Å². The van der Waals surface area contributed by atoms with Gasteiger partial charge in [-0.1, -0.05) is 26.0 Å². The summed E-state index contributed by atoms with van der Waals surface area (Å²) in [5.74, 6) is 2.22. The number of hydrogen-bond donors (Lipinski definition) is 1. The van der Waals surface area contributed by atoms with Crippen molar-refractivity contribution in [2.75, 3.05) is 13.7 Å². The van der Waals surface area contributed by atoms with Gasteiger partial charge in [0.05, 0.1) is 7.11 Å². The standard InChI is InChI=1S/C15H25NO/c1-11(2)14(6-5-9-16)13-7-8-15(17-4)12(3)10-13/h7-8,10-11,14H,5-6,9,16H2,1-4H3. The van der Waals surface area contributed by atoms with Crippen LogP contribution in [0.1, 0.15) is 43.7 Å². The summed E-state index contributed by atoms with van der Waals surface area (Å²) >= 11 is 0. The van der Waals surface area contributed by atoms with E-state index in [2.05, 4.69) is 39.0 Å². The highest BCUT2D eigenvalue weighted by Crippen LogP contribution is 2.31. The molecule has 2 heteroatoms. The highest BCUT2D eigenvalue weighted by Gasteiger charge is 2.16. The lowest BCUT2D eigenvalue weighted by Crippen LogP contribution is -2.10. The summed E-state index contributed by atoms with van der Waals surface area (Å²) in [5.41, 5.74) is 8.23. The molecule has 0 heterocycles. The highest BCUT2D eigenvalue weighted by molar-refractivity contribution is 5.37. The van der Waals surface area contributed by atoms with Crippen molar-refractivity contribution in [3.05, 3.63) is 29.3 Å². The van der Waals surface area contributed by atoms with Crippen LogP contribution in [0.3, 0.4) is 0 Å². The van der Waals surface area contributed by atoms with Crippen molar-refractivity contribution in [3.63, 3.8) is 0 Å². The largest absolute Gasteiger partial charge is 0.496 e. The fourth-order valence-corrected chi connectivity index (χ4v) is 2.35. The molecule has 17 heavy (non-hydrogen) atoms. The van der Waals surface area contributed by atoms with Crippen LogP contribution in [0.25, 0.3) is 0 Å². The Morgan fingerprint density at radius 1 is 1.29 bits per heavy atom. The van der Waals surface area contributed by atoms with Crippen LogP contribution in [-0.4, -0.2) is 13.7 Å². The molecule has 0 bridgehead atoms. The van der Waals surface area contributed by atoms with Crippen LogP contribution in [0, 0.1) is 12.8 Å². The van der Waals surface area contributed by atoms with Gasteiger partial charge in [-0.25, -0.2) is 0 Å². The molecular weight excluding hydrogens is 210 g/mol. The summed E-state index contributed by atoms with van der Waals surface area (Å²) in [5, 5.41) is 0. The van der Waals surface area contributed by atoms with Crippen molar-refractivity contribution in [2.24, 2.45) is 11.7 Å². The normalized spacial score (nSPS) is 12.8. The molecule has 1 unspecified atom stereocenters. The van der Waals surface area contributed by atoms with Gasteiger partial charge in [0.15, 0.2) is 0 Å². The molecule has 0 radical (unpaired) electrons. The van der Waals surface area contributed by atoms with Gasteiger partial charge in [-0.3, -0.25) is 0 Å². The zero-order valence-corrected chi connectivity index (χ0v) is 11.5. The van der Waals surface area contributed by atoms with Crippen molar-refractivity contribution >= 4 is 0 Å². The maximum absolute atomic E-state index is 5.61. The van der Waals surface area contributed by atoms with Gasteiger partial charge in [-0.15, -0.1) is 0 Å². The summed E-state index contributed by atoms with van der Waals surface area (Å²) in [7, 11) is 1.72. The Morgan fingerprint density at radius 2 is 2.00 bits per heavy atom. The third kappa shape index (κ3) is 3.74. The summed E-state index contributed by atoms with van der Waals surface area (Å²) in [6.07, 6.45) is 2.26. The van der Waals surface area contributed by atoms with Crippen LogP contribution in [0.4, 0.5) is 0 Å². The lowest BCUT2D eigenvalue weighted by atomic mass is 9.84. The Labute approximate surface area is 105 Å². The molecule has 0 amide bonds. The molecule has 2 N–H and O–H groups in total. The molecule has 0 saturated carbocycles. The molecule has 1 aromatic carbocycles. The Balaban J connectivity index is 2.90. The fourth-order valence-electron chi connectivity index (χ4n) is 2.35. The number of ether oxygens (including phenoxy) is 1. The first-order valence-corrected chi connectivity index (χ1v) is 6.44. The molecule has 0 aliphatic heterocycles. The lowest BCUT2D eigenvalue weighted by molar-refractivity contribution is 0.410. The zero-order valence-electron chi connectivity index (χ0n) is 11.5. The van der Waals surface area contributed by atoms with E-state index in [1.54, 1.807) is 7.11 Å². The van der Waals surface area contributed by atoms with E-state index in [1.165, 1.54) is 17.5 Å². The summed E-state index contributed by atoms with van der Waals surface area (Å²) in [6.45, 7) is 7.43. The summed E-state index contributed by atoms with van der Waals surface area (Å²) in [6, 6.07) is 6.51. The number of nitrogens with two attached hydrogens (primary N) is 1. The van der Waals surface area contributed by atoms with Crippen LogP contribution in [0.2, 0.25) is 0 Å². The number of methoxy groups -OCH3 is 1. The Hall–Kier alpha value is -1.02. The van der Waals surface area contributed by atoms with Crippen molar-refractivity contribution in [1.29, 1.82) is 0 Å². The molecule has 2 nitrogen and oxygen atoms in total. The van der Waals surface area contributed by atoms with E-state index < -0.39 is 0 Å². The monoisotopic (exact) mass is 235 g/mol. The molecule has 1 atom stereocenters. The smallest absolute Gasteiger partial charge is 0.121 e. The van der Waals surface area contributed by atoms with Gasteiger partial charge >= 0.3 is 0 Å². The summed E-state index contributed by atoms with van der Waals surface area (Å²) in [4.78, 5) is 0. The van der Waals surface area contributed by atoms with Gasteiger partial charge in [-0.05, 0) is 55.3 Å². The van der Waals surface area contributed by atoms with Crippen molar-refractivity contribution < 1.29 is 4.74 Å². The molecule has 1 aromatic rings. The van der Waals surface area contributed by atoms with Crippen molar-refractivity contribution in [2.45, 2.75) is 39.5 Å². The minimum atomic E-state index is 0.600. The maximum Gasteiger partial charge on any atom is 0.121 e. The second-order valence-corrected chi connectivity index (χ2v) is 5.01. The van der Waals surface area contributed by atoms with Gasteiger partial charge in [0.2, 0.25) is 0 Å². The van der Waals surface area contributed by atoms with Crippen molar-refractivity contribution in [3.8, 4) is 5.75 Å². The summed E-state index contributed by atoms with van der Waals surface area (Å²) < 4.78 is 5.30. The lowest BCUT2D eigenvalue weighted by Gasteiger charge is -2.22. The minimum Gasteiger partial charge on any atom is -0.496 e. The van der Waals surface area contributed by atoms with E-state index >= 15 is 0 Å². The van der Waals surface area contributed by atoms with E-state index in [9.17, 15) is 0 Å². The van der Waals surface area contributed by atoms with Gasteiger partial charge < -0.3 is 10.5 Å². The number of benzene rings is 1. The third-order valence-corrected chi connectivity index (χ3v) is 3.37. The molecule has 0 aliphatic carbocycles. The average molecular weight is 235 g/mol. The molecule has 0 spiro atoms. The third-order valence-electron chi connectivity index (χ3n) is 3.37. The molecule has 1 rings (SSSR count). The van der Waals surface area contributed by atoms with Crippen LogP contribution < -0.4 is 10.5 Å². The number of hydrogen-bond acceptors (Lipinski definition) is 2. The highest BCUT2D eigenvalue weighted by atomic mass is 16.5.